The predicted octanol–water partition coefficient (Wildman–Crippen LogP) is 2.17. The van der Waals surface area contributed by atoms with E-state index in [1.807, 2.05) is 0 Å². The normalized spacial score (nSPS) is 12.2. The van der Waals surface area contributed by atoms with Crippen molar-refractivity contribution in [2.75, 3.05) is 13.1 Å². The van der Waals surface area contributed by atoms with Crippen molar-refractivity contribution < 1.29 is 18.1 Å². The van der Waals surface area contributed by atoms with Gasteiger partial charge in [-0.1, -0.05) is 18.5 Å². The first kappa shape index (κ1) is 20.3. The lowest BCUT2D eigenvalue weighted by Crippen LogP contribution is -2.47. The van der Waals surface area contributed by atoms with E-state index in [9.17, 15) is 23.3 Å². The van der Waals surface area contributed by atoms with Crippen LogP contribution in [0, 0.1) is 10.1 Å². The van der Waals surface area contributed by atoms with Crippen LogP contribution in [0.25, 0.3) is 0 Å². The van der Waals surface area contributed by atoms with E-state index in [1.54, 1.807) is 27.7 Å². The van der Waals surface area contributed by atoms with E-state index in [4.69, 9.17) is 11.6 Å². The van der Waals surface area contributed by atoms with E-state index in [1.165, 1.54) is 6.07 Å². The maximum atomic E-state index is 12.6. The zero-order valence-electron chi connectivity index (χ0n) is 13.9. The van der Waals surface area contributed by atoms with Crippen molar-refractivity contribution in [1.82, 2.24) is 9.62 Å². The first-order valence-electron chi connectivity index (χ1n) is 7.13. The fraction of sp³-hybridized carbons (Fsp3) is 0.500. The highest BCUT2D eigenvalue weighted by atomic mass is 35.5. The third kappa shape index (κ3) is 5.15. The van der Waals surface area contributed by atoms with E-state index < -0.39 is 32.1 Å². The number of nitro benzene ring substituents is 1. The summed E-state index contributed by atoms with van der Waals surface area (Å²) >= 11 is 5.70. The van der Waals surface area contributed by atoms with Crippen LogP contribution >= 0.6 is 11.6 Å². The number of hydrogen-bond acceptors (Lipinski definition) is 5. The van der Waals surface area contributed by atoms with Gasteiger partial charge >= 0.3 is 0 Å². The van der Waals surface area contributed by atoms with Crippen molar-refractivity contribution >= 4 is 33.2 Å². The Hall–Kier alpha value is -1.71. The smallest absolute Gasteiger partial charge is 0.289 e. The summed E-state index contributed by atoms with van der Waals surface area (Å²) in [5.74, 6) is -0.462. The summed E-state index contributed by atoms with van der Waals surface area (Å²) in [7, 11) is -4.07. The number of hydrogen-bond donors (Lipinski definition) is 1. The van der Waals surface area contributed by atoms with E-state index in [2.05, 4.69) is 5.32 Å². The fourth-order valence-corrected chi connectivity index (χ4v) is 3.54. The molecular formula is C14H20ClN3O5S. The van der Waals surface area contributed by atoms with Gasteiger partial charge in [0.2, 0.25) is 15.9 Å². The van der Waals surface area contributed by atoms with Crippen LogP contribution in [-0.4, -0.2) is 42.2 Å². The molecule has 0 spiro atoms. The third-order valence-electron chi connectivity index (χ3n) is 2.94. The largest absolute Gasteiger partial charge is 0.350 e. The van der Waals surface area contributed by atoms with Gasteiger partial charge in [0.05, 0.1) is 16.4 Å². The molecule has 0 aliphatic heterocycles. The molecule has 10 heteroatoms. The standard InChI is InChI=1S/C14H20ClN3O5S/c1-5-17(9-13(19)16-14(2,3)4)24(22,23)10-6-7-11(15)12(8-10)18(20)21/h6-8H,5,9H2,1-4H3,(H,16,19). The van der Waals surface area contributed by atoms with Gasteiger partial charge in [0, 0.05) is 18.2 Å². The van der Waals surface area contributed by atoms with E-state index >= 15 is 0 Å². The number of nitrogens with zero attached hydrogens (tertiary/aromatic N) is 2. The van der Waals surface area contributed by atoms with Gasteiger partial charge in [-0.05, 0) is 32.9 Å². The number of nitrogens with one attached hydrogen (secondary N) is 1. The van der Waals surface area contributed by atoms with Gasteiger partial charge < -0.3 is 5.32 Å². The Labute approximate surface area is 146 Å². The van der Waals surface area contributed by atoms with Crippen LogP contribution in [-0.2, 0) is 14.8 Å². The summed E-state index contributed by atoms with van der Waals surface area (Å²) in [6.07, 6.45) is 0. The number of sulfonamides is 1. The van der Waals surface area contributed by atoms with E-state index in [0.29, 0.717) is 0 Å². The molecule has 0 heterocycles. The lowest BCUT2D eigenvalue weighted by atomic mass is 10.1. The first-order valence-corrected chi connectivity index (χ1v) is 8.95. The van der Waals surface area contributed by atoms with Crippen molar-refractivity contribution in [3.8, 4) is 0 Å². The number of halogens is 1. The zero-order chi connectivity index (χ0) is 18.7. The second-order valence-electron chi connectivity index (χ2n) is 6.10. The molecule has 1 amide bonds. The lowest BCUT2D eigenvalue weighted by Gasteiger charge is -2.24. The Morgan fingerprint density at radius 1 is 1.38 bits per heavy atom. The zero-order valence-corrected chi connectivity index (χ0v) is 15.4. The molecule has 8 nitrogen and oxygen atoms in total. The highest BCUT2D eigenvalue weighted by Gasteiger charge is 2.28. The molecule has 134 valence electrons. The third-order valence-corrected chi connectivity index (χ3v) is 5.18. The van der Waals surface area contributed by atoms with E-state index in [-0.39, 0.29) is 23.0 Å². The number of carbonyl (C=O) groups is 1. The minimum absolute atomic E-state index is 0.0380. The number of rotatable bonds is 6. The Morgan fingerprint density at radius 2 is 1.96 bits per heavy atom. The number of likely N-dealkylation sites (N-methyl/N-ethyl adjacent to an activating group) is 1. The Kier molecular flexibility index (Phi) is 6.32. The fourth-order valence-electron chi connectivity index (χ4n) is 1.93. The maximum absolute atomic E-state index is 12.6. The molecule has 0 bridgehead atoms. The molecule has 0 aliphatic rings. The number of nitro groups is 1. The van der Waals surface area contributed by atoms with Crippen molar-refractivity contribution in [1.29, 1.82) is 0 Å². The summed E-state index contributed by atoms with van der Waals surface area (Å²) in [5.41, 5.74) is -1.01. The summed E-state index contributed by atoms with van der Waals surface area (Å²) in [4.78, 5) is 21.9. The Balaban J connectivity index is 3.14. The predicted molar refractivity (Wildman–Crippen MR) is 90.4 cm³/mol. The van der Waals surface area contributed by atoms with Crippen LogP contribution < -0.4 is 5.32 Å². The van der Waals surface area contributed by atoms with Crippen molar-refractivity contribution in [3.05, 3.63) is 33.3 Å². The molecule has 0 aliphatic carbocycles. The second kappa shape index (κ2) is 7.45. The van der Waals surface area contributed by atoms with Gasteiger partial charge in [0.15, 0.2) is 0 Å². The minimum Gasteiger partial charge on any atom is -0.350 e. The molecule has 0 saturated carbocycles. The minimum atomic E-state index is -4.07. The van der Waals surface area contributed by atoms with Crippen LogP contribution in [0.2, 0.25) is 5.02 Å². The van der Waals surface area contributed by atoms with Gasteiger partial charge in [-0.2, -0.15) is 4.31 Å². The van der Waals surface area contributed by atoms with Gasteiger partial charge in [-0.15, -0.1) is 0 Å². The Bertz CT molecular complexity index is 743. The van der Waals surface area contributed by atoms with Crippen LogP contribution in [0.3, 0.4) is 0 Å². The monoisotopic (exact) mass is 377 g/mol. The van der Waals surface area contributed by atoms with Gasteiger partial charge in [-0.25, -0.2) is 8.42 Å². The summed E-state index contributed by atoms with van der Waals surface area (Å²) < 4.78 is 26.2. The van der Waals surface area contributed by atoms with Gasteiger partial charge in [0.1, 0.15) is 5.02 Å². The first-order chi connectivity index (χ1) is 10.9. The van der Waals surface area contributed by atoms with Crippen molar-refractivity contribution in [3.63, 3.8) is 0 Å². The van der Waals surface area contributed by atoms with Crippen molar-refractivity contribution in [2.45, 2.75) is 38.1 Å². The quantitative estimate of drug-likeness (QED) is 0.603. The molecule has 1 aromatic carbocycles. The van der Waals surface area contributed by atoms with Gasteiger partial charge in [-0.3, -0.25) is 14.9 Å². The molecule has 1 N–H and O–H groups in total. The number of carbonyl (C=O) groups excluding carboxylic acids is 1. The average molecular weight is 378 g/mol. The topological polar surface area (TPSA) is 110 Å². The molecule has 0 aromatic heterocycles. The highest BCUT2D eigenvalue weighted by Crippen LogP contribution is 2.28. The maximum Gasteiger partial charge on any atom is 0.289 e. The summed E-state index contributed by atoms with van der Waals surface area (Å²) in [6.45, 7) is 6.56. The SMILES string of the molecule is CCN(CC(=O)NC(C)(C)C)S(=O)(=O)c1ccc(Cl)c([N+](=O)[O-])c1. The molecule has 0 atom stereocenters. The molecule has 0 unspecified atom stereocenters. The second-order valence-corrected chi connectivity index (χ2v) is 8.44. The number of amides is 1. The van der Waals surface area contributed by atoms with Gasteiger partial charge in [0.25, 0.3) is 5.69 Å². The molecule has 24 heavy (non-hydrogen) atoms. The van der Waals surface area contributed by atoms with E-state index in [0.717, 1.165) is 16.4 Å². The summed E-state index contributed by atoms with van der Waals surface area (Å²) in [5, 5.41) is 13.4. The molecule has 1 rings (SSSR count). The molecule has 0 saturated heterocycles. The van der Waals surface area contributed by atoms with Crippen LogP contribution in [0.5, 0.6) is 0 Å². The Morgan fingerprint density at radius 3 is 2.42 bits per heavy atom. The summed E-state index contributed by atoms with van der Waals surface area (Å²) in [6, 6.07) is 3.21. The van der Waals surface area contributed by atoms with Crippen LogP contribution in [0.1, 0.15) is 27.7 Å². The van der Waals surface area contributed by atoms with Crippen LogP contribution in [0.4, 0.5) is 5.69 Å². The average Bonchev–Trinajstić information content (AvgIpc) is 2.42. The lowest BCUT2D eigenvalue weighted by molar-refractivity contribution is -0.384. The number of benzene rings is 1. The molecular weight excluding hydrogens is 358 g/mol. The molecule has 1 aromatic rings. The molecule has 0 fully saturated rings. The molecule has 0 radical (unpaired) electrons. The highest BCUT2D eigenvalue weighted by molar-refractivity contribution is 7.89. The van der Waals surface area contributed by atoms with Crippen LogP contribution in [0.15, 0.2) is 23.1 Å². The van der Waals surface area contributed by atoms with Crippen molar-refractivity contribution in [2.24, 2.45) is 0 Å².